The smallest absolute Gasteiger partial charge is 0.211 e. The summed E-state index contributed by atoms with van der Waals surface area (Å²) in [6.07, 6.45) is 0.773. The van der Waals surface area contributed by atoms with Crippen LogP contribution in [0.2, 0.25) is 5.02 Å². The number of methoxy groups -OCH3 is 1. The molecule has 0 radical (unpaired) electrons. The lowest BCUT2D eigenvalue weighted by molar-refractivity contribution is 0.415. The first-order valence-electron chi connectivity index (χ1n) is 6.53. The van der Waals surface area contributed by atoms with Crippen molar-refractivity contribution in [2.45, 2.75) is 19.4 Å². The van der Waals surface area contributed by atoms with Crippen LogP contribution < -0.4 is 14.4 Å². The van der Waals surface area contributed by atoms with E-state index in [1.807, 2.05) is 12.1 Å². The van der Waals surface area contributed by atoms with E-state index >= 15 is 0 Å². The molecule has 1 aliphatic rings. The minimum Gasteiger partial charge on any atom is -0.495 e. The Hall–Kier alpha value is -0.980. The van der Waals surface area contributed by atoms with Crippen molar-refractivity contribution in [3.8, 4) is 5.75 Å². The van der Waals surface area contributed by atoms with E-state index in [1.165, 1.54) is 0 Å². The number of anilines is 1. The van der Waals surface area contributed by atoms with Crippen LogP contribution in [0.25, 0.3) is 0 Å². The number of hydrogen-bond donors (Lipinski definition) is 1. The van der Waals surface area contributed by atoms with Gasteiger partial charge in [-0.15, -0.1) is 0 Å². The summed E-state index contributed by atoms with van der Waals surface area (Å²) in [6.45, 7) is 3.03. The van der Waals surface area contributed by atoms with Gasteiger partial charge in [-0.25, -0.2) is 13.1 Å². The van der Waals surface area contributed by atoms with E-state index in [4.69, 9.17) is 16.3 Å². The first kappa shape index (κ1) is 15.4. The van der Waals surface area contributed by atoms with Crippen LogP contribution in [0.1, 0.15) is 13.3 Å². The molecule has 7 heteroatoms. The van der Waals surface area contributed by atoms with Crippen molar-refractivity contribution < 1.29 is 13.2 Å². The fraction of sp³-hybridized carbons (Fsp3) is 0.538. The Balaban J connectivity index is 2.11. The van der Waals surface area contributed by atoms with Crippen LogP contribution >= 0.6 is 11.6 Å². The lowest BCUT2D eigenvalue weighted by Crippen LogP contribution is -2.37. The highest BCUT2D eigenvalue weighted by atomic mass is 35.5. The normalized spacial score (nSPS) is 19.4. The van der Waals surface area contributed by atoms with Crippen LogP contribution in [0.4, 0.5) is 5.69 Å². The molecule has 0 amide bonds. The van der Waals surface area contributed by atoms with Gasteiger partial charge in [0.15, 0.2) is 0 Å². The number of ether oxygens (including phenoxy) is 1. The number of benzene rings is 1. The van der Waals surface area contributed by atoms with Crippen molar-refractivity contribution in [3.05, 3.63) is 23.2 Å². The van der Waals surface area contributed by atoms with E-state index in [2.05, 4.69) is 9.62 Å². The van der Waals surface area contributed by atoms with E-state index < -0.39 is 10.0 Å². The lowest BCUT2D eigenvalue weighted by Gasteiger charge is -2.21. The van der Waals surface area contributed by atoms with Crippen molar-refractivity contribution in [3.63, 3.8) is 0 Å². The molecule has 1 N–H and O–H groups in total. The van der Waals surface area contributed by atoms with Crippen molar-refractivity contribution in [2.24, 2.45) is 0 Å². The quantitative estimate of drug-likeness (QED) is 0.900. The fourth-order valence-electron chi connectivity index (χ4n) is 2.32. The highest BCUT2D eigenvalue weighted by molar-refractivity contribution is 7.89. The number of nitrogens with zero attached hydrogens (tertiary/aromatic N) is 1. The molecule has 0 unspecified atom stereocenters. The van der Waals surface area contributed by atoms with Crippen LogP contribution in [0, 0.1) is 0 Å². The van der Waals surface area contributed by atoms with Gasteiger partial charge in [-0.05, 0) is 31.5 Å². The van der Waals surface area contributed by atoms with Crippen LogP contribution in [0.5, 0.6) is 5.75 Å². The number of hydrogen-bond acceptors (Lipinski definition) is 4. The molecule has 112 valence electrons. The number of nitrogens with one attached hydrogen (secondary N) is 1. The van der Waals surface area contributed by atoms with Gasteiger partial charge in [0.25, 0.3) is 0 Å². The summed E-state index contributed by atoms with van der Waals surface area (Å²) in [5, 5.41) is 0.637. The third-order valence-electron chi connectivity index (χ3n) is 3.40. The van der Waals surface area contributed by atoms with Gasteiger partial charge in [-0.2, -0.15) is 0 Å². The molecule has 1 aromatic carbocycles. The summed E-state index contributed by atoms with van der Waals surface area (Å²) in [4.78, 5) is 2.09. The predicted octanol–water partition coefficient (Wildman–Crippen LogP) is 1.87. The zero-order valence-corrected chi connectivity index (χ0v) is 13.2. The van der Waals surface area contributed by atoms with Gasteiger partial charge in [-0.1, -0.05) is 11.6 Å². The largest absolute Gasteiger partial charge is 0.495 e. The van der Waals surface area contributed by atoms with E-state index in [-0.39, 0.29) is 11.8 Å². The summed E-state index contributed by atoms with van der Waals surface area (Å²) in [6, 6.07) is 5.37. The minimum absolute atomic E-state index is 0.0661. The molecule has 1 aromatic rings. The monoisotopic (exact) mass is 318 g/mol. The molecule has 1 heterocycles. The number of rotatable bonds is 5. The fourth-order valence-corrected chi connectivity index (χ4v) is 3.36. The van der Waals surface area contributed by atoms with Crippen molar-refractivity contribution in [2.75, 3.05) is 30.9 Å². The second kappa shape index (κ2) is 6.20. The van der Waals surface area contributed by atoms with Gasteiger partial charge in [0.05, 0.1) is 18.6 Å². The topological polar surface area (TPSA) is 58.6 Å². The summed E-state index contributed by atoms with van der Waals surface area (Å²) in [7, 11) is -1.56. The Kier molecular flexibility index (Phi) is 4.78. The predicted molar refractivity (Wildman–Crippen MR) is 81.2 cm³/mol. The second-order valence-corrected chi connectivity index (χ2v) is 7.25. The van der Waals surface area contributed by atoms with Crippen molar-refractivity contribution >= 4 is 27.3 Å². The summed E-state index contributed by atoms with van der Waals surface area (Å²) in [5.41, 5.74) is 0.901. The van der Waals surface area contributed by atoms with E-state index in [0.717, 1.165) is 24.4 Å². The van der Waals surface area contributed by atoms with Gasteiger partial charge in [0, 0.05) is 24.2 Å². The first-order valence-corrected chi connectivity index (χ1v) is 8.56. The molecule has 0 aliphatic carbocycles. The molecule has 5 nitrogen and oxygen atoms in total. The second-order valence-electron chi connectivity index (χ2n) is 4.77. The Labute approximate surface area is 124 Å². The molecular weight excluding hydrogens is 300 g/mol. The highest BCUT2D eigenvalue weighted by Crippen LogP contribution is 2.33. The third-order valence-corrected chi connectivity index (χ3v) is 5.08. The summed E-state index contributed by atoms with van der Waals surface area (Å²) in [5.74, 6) is 0.845. The molecule has 1 fully saturated rings. The number of halogens is 1. The van der Waals surface area contributed by atoms with Crippen LogP contribution in [0.15, 0.2) is 18.2 Å². The summed E-state index contributed by atoms with van der Waals surface area (Å²) >= 11 is 6.02. The van der Waals surface area contributed by atoms with E-state index in [9.17, 15) is 8.42 Å². The van der Waals surface area contributed by atoms with Crippen LogP contribution in [0.3, 0.4) is 0 Å². The lowest BCUT2D eigenvalue weighted by atomic mass is 10.2. The molecule has 0 bridgehead atoms. The molecule has 1 saturated heterocycles. The zero-order chi connectivity index (χ0) is 14.8. The van der Waals surface area contributed by atoms with Crippen molar-refractivity contribution in [1.29, 1.82) is 0 Å². The van der Waals surface area contributed by atoms with Crippen molar-refractivity contribution in [1.82, 2.24) is 4.72 Å². The number of sulfonamides is 1. The molecule has 0 aromatic heterocycles. The Morgan fingerprint density at radius 3 is 2.90 bits per heavy atom. The molecule has 0 saturated carbocycles. The van der Waals surface area contributed by atoms with Gasteiger partial charge < -0.3 is 9.64 Å². The van der Waals surface area contributed by atoms with E-state index in [1.54, 1.807) is 20.1 Å². The molecule has 1 atom stereocenters. The molecule has 1 aliphatic heterocycles. The average molecular weight is 319 g/mol. The zero-order valence-electron chi connectivity index (χ0n) is 11.6. The Morgan fingerprint density at radius 1 is 1.50 bits per heavy atom. The van der Waals surface area contributed by atoms with E-state index in [0.29, 0.717) is 11.6 Å². The van der Waals surface area contributed by atoms with Gasteiger partial charge >= 0.3 is 0 Å². The Morgan fingerprint density at radius 2 is 2.25 bits per heavy atom. The standard InChI is InChI=1S/C13H19ClN2O3S/c1-3-20(17,18)15-11-6-7-16(9-11)12-8-10(14)4-5-13(12)19-2/h4-5,8,11,15H,3,6-7,9H2,1-2H3/t11-/m0/s1. The van der Waals surface area contributed by atoms with Crippen LogP contribution in [-0.2, 0) is 10.0 Å². The first-order chi connectivity index (χ1) is 9.45. The Bertz CT molecular complexity index is 577. The molecule has 20 heavy (non-hydrogen) atoms. The van der Waals surface area contributed by atoms with Gasteiger partial charge in [0.1, 0.15) is 5.75 Å². The SMILES string of the molecule is CCS(=O)(=O)N[C@H]1CCN(c2cc(Cl)ccc2OC)C1. The minimum atomic E-state index is -3.17. The van der Waals surface area contributed by atoms with Gasteiger partial charge in [-0.3, -0.25) is 0 Å². The highest BCUT2D eigenvalue weighted by Gasteiger charge is 2.27. The maximum absolute atomic E-state index is 11.6. The molecule has 2 rings (SSSR count). The third kappa shape index (κ3) is 3.56. The van der Waals surface area contributed by atoms with Crippen LogP contribution in [-0.4, -0.2) is 40.4 Å². The maximum Gasteiger partial charge on any atom is 0.211 e. The maximum atomic E-state index is 11.6. The molecule has 0 spiro atoms. The van der Waals surface area contributed by atoms with Gasteiger partial charge in [0.2, 0.25) is 10.0 Å². The molecular formula is C13H19ClN2O3S. The summed E-state index contributed by atoms with van der Waals surface area (Å²) < 4.78 is 31.2. The average Bonchev–Trinajstić information content (AvgIpc) is 2.86.